The highest BCUT2D eigenvalue weighted by Crippen LogP contribution is 2.34. The predicted molar refractivity (Wildman–Crippen MR) is 299 cm³/mol. The van der Waals surface area contributed by atoms with E-state index in [4.69, 9.17) is 23.3 Å². The molecule has 7 aromatic carbocycles. The Labute approximate surface area is 486 Å². The summed E-state index contributed by atoms with van der Waals surface area (Å²) in [5.41, 5.74) is 4.48. The van der Waals surface area contributed by atoms with Crippen LogP contribution in [0.25, 0.3) is 0 Å². The van der Waals surface area contributed by atoms with Gasteiger partial charge in [-0.25, -0.2) is 9.69 Å². The molecule has 3 N–H and O–H groups in total. The van der Waals surface area contributed by atoms with Gasteiger partial charge in [0.15, 0.2) is 0 Å². The van der Waals surface area contributed by atoms with Crippen LogP contribution in [0.4, 0.5) is 42.5 Å². The minimum atomic E-state index is -4.49. The average molecular weight is 1180 g/mol. The molecule has 1 aliphatic rings. The van der Waals surface area contributed by atoms with Crippen LogP contribution in [-0.2, 0) is 46.3 Å². The zero-order chi connectivity index (χ0) is 60.8. The first-order valence-electron chi connectivity index (χ1n) is 26.5. The molecule has 0 unspecified atom stereocenters. The molecule has 1 saturated heterocycles. The molecule has 440 valence electrons. The van der Waals surface area contributed by atoms with Crippen LogP contribution in [0.5, 0.6) is 11.5 Å². The zero-order valence-electron chi connectivity index (χ0n) is 45.2. The number of aromatic nitrogens is 2. The van der Waals surface area contributed by atoms with Gasteiger partial charge in [0.1, 0.15) is 43.8 Å². The Hall–Kier alpha value is -10.5. The topological polar surface area (TPSA) is 213 Å². The minimum Gasteiger partial charge on any atom is -0.489 e. The van der Waals surface area contributed by atoms with Crippen LogP contribution in [0.2, 0.25) is 0 Å². The molecule has 3 atom stereocenters. The van der Waals surface area contributed by atoms with Gasteiger partial charge in [0.2, 0.25) is 5.91 Å². The average Bonchev–Trinajstić information content (AvgIpc) is 4.33. The Morgan fingerprint density at radius 3 is 1.42 bits per heavy atom. The van der Waals surface area contributed by atoms with Crippen LogP contribution in [0, 0.1) is 0 Å². The number of carbonyl (C=O) groups is 5. The smallest absolute Gasteiger partial charge is 0.416 e. The fourth-order valence-electron chi connectivity index (χ4n) is 9.27. The van der Waals surface area contributed by atoms with Crippen molar-refractivity contribution < 1.29 is 78.7 Å². The van der Waals surface area contributed by atoms with E-state index < -0.39 is 65.2 Å². The Balaban J connectivity index is 0.000000214. The fourth-order valence-corrected chi connectivity index (χ4v) is 9.27. The molecular formula is C64H51F6N5O11. The molecule has 2 aromatic heterocycles. The lowest BCUT2D eigenvalue weighted by Crippen LogP contribution is -2.40. The van der Waals surface area contributed by atoms with E-state index in [0.29, 0.717) is 40.7 Å². The number of nitrogens with one attached hydrogen (secondary N) is 2. The number of hydrogen-bond donors (Lipinski definition) is 3. The highest BCUT2D eigenvalue weighted by molar-refractivity contribution is 6.05. The first-order valence-corrected chi connectivity index (χ1v) is 26.5. The summed E-state index contributed by atoms with van der Waals surface area (Å²) < 4.78 is 104. The molecule has 0 radical (unpaired) electrons. The van der Waals surface area contributed by atoms with Crippen LogP contribution < -0.4 is 20.1 Å². The fraction of sp³-hybridized carbons (Fsp3) is 0.172. The lowest BCUT2D eigenvalue weighted by molar-refractivity contribution is -0.138. The van der Waals surface area contributed by atoms with Crippen molar-refractivity contribution in [3.8, 4) is 11.5 Å². The Bertz CT molecular complexity index is 3740. The van der Waals surface area contributed by atoms with Gasteiger partial charge in [0.05, 0.1) is 35.0 Å². The number of carboxylic acid groups (broad SMARTS) is 1. The van der Waals surface area contributed by atoms with Gasteiger partial charge < -0.3 is 39.0 Å². The summed E-state index contributed by atoms with van der Waals surface area (Å²) in [6.45, 7) is 0.466. The Morgan fingerprint density at radius 2 is 1.00 bits per heavy atom. The number of carbonyl (C=O) groups excluding carboxylic acids is 4. The second-order valence-electron chi connectivity index (χ2n) is 19.6. The third-order valence-electron chi connectivity index (χ3n) is 13.6. The number of anilines is 2. The van der Waals surface area contributed by atoms with Crippen molar-refractivity contribution in [1.29, 1.82) is 0 Å². The van der Waals surface area contributed by atoms with Crippen LogP contribution in [-0.4, -0.2) is 62.8 Å². The summed E-state index contributed by atoms with van der Waals surface area (Å²) in [7, 11) is 0. The van der Waals surface area contributed by atoms with E-state index in [9.17, 15) is 55.4 Å². The highest BCUT2D eigenvalue weighted by Gasteiger charge is 2.39. The summed E-state index contributed by atoms with van der Waals surface area (Å²) in [6.07, 6.45) is -6.52. The van der Waals surface area contributed by atoms with E-state index in [0.717, 1.165) is 76.3 Å². The summed E-state index contributed by atoms with van der Waals surface area (Å²) in [6, 6.07) is 48.3. The molecule has 0 bridgehead atoms. The third kappa shape index (κ3) is 16.2. The number of aliphatic carboxylic acids is 1. The van der Waals surface area contributed by atoms with Crippen molar-refractivity contribution in [1.82, 2.24) is 15.2 Å². The van der Waals surface area contributed by atoms with Crippen molar-refractivity contribution in [2.24, 2.45) is 0 Å². The number of amides is 4. The van der Waals surface area contributed by atoms with Crippen LogP contribution in [0.3, 0.4) is 0 Å². The number of hydrogen-bond acceptors (Lipinski definition) is 12. The molecule has 16 nitrogen and oxygen atoms in total. The lowest BCUT2D eigenvalue weighted by atomic mass is 9.91. The first-order chi connectivity index (χ1) is 41.3. The molecule has 0 spiro atoms. The molecule has 86 heavy (non-hydrogen) atoms. The Kier molecular flexibility index (Phi) is 19.0. The Morgan fingerprint density at radius 1 is 0.558 bits per heavy atom. The number of ether oxygens (including phenoxy) is 3. The lowest BCUT2D eigenvalue weighted by Gasteiger charge is -2.22. The second-order valence-corrected chi connectivity index (χ2v) is 19.6. The molecule has 4 amide bonds. The van der Waals surface area contributed by atoms with Crippen LogP contribution in [0.15, 0.2) is 210 Å². The monoisotopic (exact) mass is 1180 g/mol. The van der Waals surface area contributed by atoms with Crippen molar-refractivity contribution in [3.05, 3.63) is 262 Å². The maximum atomic E-state index is 13.6. The minimum absolute atomic E-state index is 0.0435. The van der Waals surface area contributed by atoms with Crippen molar-refractivity contribution >= 4 is 41.2 Å². The number of halogens is 6. The van der Waals surface area contributed by atoms with Crippen LogP contribution >= 0.6 is 0 Å². The summed E-state index contributed by atoms with van der Waals surface area (Å²) in [4.78, 5) is 63.7. The summed E-state index contributed by atoms with van der Waals surface area (Å²) in [5.74, 6) is -2.30. The maximum absolute atomic E-state index is 13.6. The van der Waals surface area contributed by atoms with Gasteiger partial charge in [0.25, 0.3) is 11.8 Å². The van der Waals surface area contributed by atoms with Crippen LogP contribution in [0.1, 0.15) is 95.7 Å². The largest absolute Gasteiger partial charge is 0.489 e. The van der Waals surface area contributed by atoms with E-state index in [1.54, 1.807) is 91.0 Å². The molecular weight excluding hydrogens is 1130 g/mol. The molecule has 9 aromatic rings. The standard InChI is InChI=1S/C37H30F3N3O6.C27H21F3N2O5/c38-37(39,40)28-13-9-27(10-14-28)35(45)41-29-8-4-7-25(19-29)22-47-31-15-11-26(12-16-31)32(33-17-18-49-42-33)21-34(44)43-30(23-48-36(43)46)20-24-5-2-1-3-6-24;28-27(29,30)20-8-4-19(5-9-20)26(35)31-21-3-1-2-17(14-21)16-36-22-10-6-18(7-11-22)23(15-25(33)34)24-12-13-37-32-24/h1-19,30,32H,20-23H2,(H,41,45);1-14,23H,15-16H2,(H,31,35)(H,33,34)/t30-,32-;23-/m00/s1. The van der Waals surface area contributed by atoms with Gasteiger partial charge in [-0.2, -0.15) is 26.3 Å². The van der Waals surface area contributed by atoms with Crippen molar-refractivity contribution in [3.63, 3.8) is 0 Å². The number of carboxylic acids is 1. The van der Waals surface area contributed by atoms with Gasteiger partial charge in [0, 0.05) is 52.9 Å². The van der Waals surface area contributed by atoms with Gasteiger partial charge >= 0.3 is 24.4 Å². The number of rotatable bonds is 20. The third-order valence-corrected chi connectivity index (χ3v) is 13.6. The zero-order valence-corrected chi connectivity index (χ0v) is 45.2. The molecule has 0 saturated carbocycles. The molecule has 10 rings (SSSR count). The van der Waals surface area contributed by atoms with Gasteiger partial charge in [-0.1, -0.05) is 89.2 Å². The molecule has 3 heterocycles. The number of alkyl halides is 6. The maximum Gasteiger partial charge on any atom is 0.416 e. The van der Waals surface area contributed by atoms with E-state index in [1.165, 1.54) is 17.4 Å². The molecule has 1 fully saturated rings. The normalized spacial score (nSPS) is 13.8. The summed E-state index contributed by atoms with van der Waals surface area (Å²) in [5, 5.41) is 22.5. The summed E-state index contributed by atoms with van der Waals surface area (Å²) >= 11 is 0. The van der Waals surface area contributed by atoms with E-state index in [-0.39, 0.29) is 49.7 Å². The van der Waals surface area contributed by atoms with Gasteiger partial charge in [-0.05, 0) is 131 Å². The van der Waals surface area contributed by atoms with Crippen molar-refractivity contribution in [2.75, 3.05) is 17.2 Å². The number of imide groups is 1. The van der Waals surface area contributed by atoms with E-state index in [1.807, 2.05) is 48.5 Å². The number of cyclic esters (lactones) is 1. The second kappa shape index (κ2) is 27.3. The quantitative estimate of drug-likeness (QED) is 0.0607. The molecule has 0 aliphatic carbocycles. The van der Waals surface area contributed by atoms with Crippen molar-refractivity contribution in [2.45, 2.75) is 62.7 Å². The van der Waals surface area contributed by atoms with E-state index >= 15 is 0 Å². The van der Waals surface area contributed by atoms with Gasteiger partial charge in [-0.3, -0.25) is 19.2 Å². The number of nitrogens with zero attached hydrogens (tertiary/aromatic N) is 3. The highest BCUT2D eigenvalue weighted by atomic mass is 19.4. The van der Waals surface area contributed by atoms with E-state index in [2.05, 4.69) is 20.9 Å². The van der Waals surface area contributed by atoms with Gasteiger partial charge in [-0.15, -0.1) is 0 Å². The molecule has 1 aliphatic heterocycles. The molecule has 22 heteroatoms. The first kappa shape index (κ1) is 60.1. The SMILES string of the molecule is O=C(Nc1cccc(COc2ccc([C@H](CC(=O)N3C(=O)OC[C@@H]3Cc3ccccc3)c3ccon3)cc2)c1)c1ccc(C(F)(F)F)cc1.O=C(O)C[C@@H](c1ccc(OCc2cccc(NC(=O)c3ccc(C(F)(F)F)cc3)c2)cc1)c1ccon1. The predicted octanol–water partition coefficient (Wildman–Crippen LogP) is 13.8. The number of benzene rings is 7.